The number of nitrogens with zero attached hydrogens (tertiary/aromatic N) is 2. The lowest BCUT2D eigenvalue weighted by Gasteiger charge is -2.07. The van der Waals surface area contributed by atoms with E-state index in [0.29, 0.717) is 14.9 Å². The molecule has 0 aliphatic heterocycles. The van der Waals surface area contributed by atoms with Crippen molar-refractivity contribution in [2.45, 2.75) is 0 Å². The van der Waals surface area contributed by atoms with Gasteiger partial charge in [-0.2, -0.15) is 5.26 Å². The monoisotopic (exact) mass is 493 g/mol. The first-order chi connectivity index (χ1) is 13.3. The number of ether oxygens (including phenoxy) is 1. The van der Waals surface area contributed by atoms with Crippen LogP contribution in [0.5, 0.6) is 5.75 Å². The van der Waals surface area contributed by atoms with Crippen LogP contribution in [0, 0.1) is 25.0 Å². The molecule has 0 bridgehead atoms. The Bertz CT molecular complexity index is 1010. The fourth-order valence-corrected chi connectivity index (χ4v) is 2.77. The molecule has 0 radical (unpaired) electrons. The number of hydrogen-bond donors (Lipinski definition) is 2. The molecule has 0 saturated heterocycles. The minimum atomic E-state index is -1.11. The van der Waals surface area contributed by atoms with Crippen LogP contribution in [0.4, 0.5) is 11.4 Å². The first-order valence-corrected chi connectivity index (χ1v) is 8.70. The second kappa shape index (κ2) is 9.47. The summed E-state index contributed by atoms with van der Waals surface area (Å²) in [5, 5.41) is 31.2. The van der Waals surface area contributed by atoms with E-state index in [2.05, 4.69) is 5.32 Å². The molecule has 0 fully saturated rings. The van der Waals surface area contributed by atoms with E-state index in [1.165, 1.54) is 36.4 Å². The molecule has 142 valence electrons. The summed E-state index contributed by atoms with van der Waals surface area (Å²) in [5.41, 5.74) is 0.318. The summed E-state index contributed by atoms with van der Waals surface area (Å²) in [7, 11) is 0. The number of anilines is 1. The Morgan fingerprint density at radius 1 is 1.32 bits per heavy atom. The fraction of sp³-hybridized carbons (Fsp3) is 0.0556. The van der Waals surface area contributed by atoms with Gasteiger partial charge in [0.1, 0.15) is 17.4 Å². The molecule has 0 aliphatic carbocycles. The summed E-state index contributed by atoms with van der Waals surface area (Å²) in [6.07, 6.45) is 1.34. The highest BCUT2D eigenvalue weighted by molar-refractivity contribution is 14.1. The van der Waals surface area contributed by atoms with E-state index in [9.17, 15) is 25.0 Å². The summed E-state index contributed by atoms with van der Waals surface area (Å²) in [4.78, 5) is 33.1. The molecule has 0 heterocycles. The number of benzene rings is 2. The number of hydrogen-bond acceptors (Lipinski definition) is 6. The number of carboxylic acid groups (broad SMARTS) is 1. The molecule has 9 nitrogen and oxygen atoms in total. The van der Waals surface area contributed by atoms with Gasteiger partial charge in [-0.25, -0.2) is 4.79 Å². The maximum Gasteiger partial charge on any atom is 0.341 e. The molecule has 0 aromatic heterocycles. The van der Waals surface area contributed by atoms with Crippen LogP contribution in [-0.2, 0) is 9.59 Å². The molecular formula is C18H12IN3O6. The van der Waals surface area contributed by atoms with Crippen molar-refractivity contribution < 1.29 is 24.4 Å². The van der Waals surface area contributed by atoms with Gasteiger partial charge in [-0.1, -0.05) is 12.1 Å². The fourth-order valence-electron chi connectivity index (χ4n) is 2.07. The Morgan fingerprint density at radius 2 is 2.07 bits per heavy atom. The number of nitro benzene ring substituents is 1. The molecule has 0 aliphatic rings. The van der Waals surface area contributed by atoms with Gasteiger partial charge in [-0.15, -0.1) is 0 Å². The van der Waals surface area contributed by atoms with Gasteiger partial charge in [-0.3, -0.25) is 14.9 Å². The van der Waals surface area contributed by atoms with Gasteiger partial charge in [0.15, 0.2) is 6.61 Å². The number of nitrogens with one attached hydrogen (secondary N) is 1. The van der Waals surface area contributed by atoms with E-state index in [-0.39, 0.29) is 16.9 Å². The number of rotatable bonds is 7. The van der Waals surface area contributed by atoms with Gasteiger partial charge in [0, 0.05) is 17.8 Å². The lowest BCUT2D eigenvalue weighted by molar-refractivity contribution is -0.384. The third kappa shape index (κ3) is 5.78. The number of carbonyl (C=O) groups excluding carboxylic acids is 1. The van der Waals surface area contributed by atoms with Crippen LogP contribution in [-0.4, -0.2) is 28.5 Å². The second-order valence-electron chi connectivity index (χ2n) is 5.30. The third-order valence-electron chi connectivity index (χ3n) is 3.30. The smallest absolute Gasteiger partial charge is 0.341 e. The van der Waals surface area contributed by atoms with E-state index in [4.69, 9.17) is 9.84 Å². The van der Waals surface area contributed by atoms with E-state index >= 15 is 0 Å². The number of nitriles is 1. The van der Waals surface area contributed by atoms with Crippen molar-refractivity contribution in [3.63, 3.8) is 0 Å². The normalized spacial score (nSPS) is 10.6. The van der Waals surface area contributed by atoms with Crippen LogP contribution in [0.25, 0.3) is 6.08 Å². The van der Waals surface area contributed by atoms with Gasteiger partial charge in [0.05, 0.1) is 8.49 Å². The van der Waals surface area contributed by atoms with Crippen LogP contribution < -0.4 is 10.1 Å². The summed E-state index contributed by atoms with van der Waals surface area (Å²) in [6, 6.07) is 11.9. The topological polar surface area (TPSA) is 143 Å². The second-order valence-corrected chi connectivity index (χ2v) is 6.47. The molecule has 0 unspecified atom stereocenters. The lowest BCUT2D eigenvalue weighted by atomic mass is 10.1. The molecule has 28 heavy (non-hydrogen) atoms. The van der Waals surface area contributed by atoms with Crippen molar-refractivity contribution in [3.8, 4) is 11.8 Å². The predicted octanol–water partition coefficient (Wildman–Crippen LogP) is 3.21. The summed E-state index contributed by atoms with van der Waals surface area (Å²) in [6.45, 7) is -0.486. The first-order valence-electron chi connectivity index (χ1n) is 7.62. The number of nitro groups is 1. The van der Waals surface area contributed by atoms with Gasteiger partial charge in [0.2, 0.25) is 0 Å². The molecule has 2 N–H and O–H groups in total. The van der Waals surface area contributed by atoms with Crippen molar-refractivity contribution in [2.24, 2.45) is 0 Å². The standard InChI is InChI=1S/C18H12IN3O6/c19-15-7-11(4-5-16(15)28-10-17(23)24)6-12(9-20)18(25)21-13-2-1-3-14(8-13)22(26)27/h1-8H,10H2,(H,21,25)(H,23,24)/b12-6+. The third-order valence-corrected chi connectivity index (χ3v) is 4.14. The summed E-state index contributed by atoms with van der Waals surface area (Å²) >= 11 is 1.94. The van der Waals surface area contributed by atoms with Gasteiger partial charge < -0.3 is 15.2 Å². The Hall–Kier alpha value is -3.46. The average molecular weight is 493 g/mol. The summed E-state index contributed by atoms with van der Waals surface area (Å²) < 4.78 is 5.72. The van der Waals surface area contributed by atoms with Crippen LogP contribution in [0.1, 0.15) is 5.56 Å². The highest BCUT2D eigenvalue weighted by Crippen LogP contribution is 2.24. The molecule has 0 spiro atoms. The largest absolute Gasteiger partial charge is 0.481 e. The Kier molecular flexibility index (Phi) is 7.05. The Balaban J connectivity index is 2.19. The predicted molar refractivity (Wildman–Crippen MR) is 108 cm³/mol. The molecule has 1 amide bonds. The van der Waals surface area contributed by atoms with Crippen molar-refractivity contribution >= 4 is 51.9 Å². The SMILES string of the molecule is N#C/C(=C\c1ccc(OCC(=O)O)c(I)c1)C(=O)Nc1cccc([N+](=O)[O-])c1. The van der Waals surface area contributed by atoms with Crippen LogP contribution >= 0.6 is 22.6 Å². The van der Waals surface area contributed by atoms with Crippen molar-refractivity contribution in [1.29, 1.82) is 5.26 Å². The zero-order chi connectivity index (χ0) is 20.7. The quantitative estimate of drug-likeness (QED) is 0.198. The van der Waals surface area contributed by atoms with Crippen molar-refractivity contribution in [1.82, 2.24) is 0 Å². The van der Waals surface area contributed by atoms with E-state index in [1.54, 1.807) is 18.2 Å². The maximum atomic E-state index is 12.3. The number of amides is 1. The van der Waals surface area contributed by atoms with Crippen LogP contribution in [0.3, 0.4) is 0 Å². The van der Waals surface area contributed by atoms with E-state index in [1.807, 2.05) is 22.6 Å². The molecule has 2 rings (SSSR count). The zero-order valence-corrected chi connectivity index (χ0v) is 16.2. The minimum Gasteiger partial charge on any atom is -0.481 e. The van der Waals surface area contributed by atoms with Crippen molar-refractivity contribution in [3.05, 3.63) is 67.3 Å². The van der Waals surface area contributed by atoms with Gasteiger partial charge in [-0.05, 0) is 52.4 Å². The van der Waals surface area contributed by atoms with Crippen LogP contribution in [0.15, 0.2) is 48.0 Å². The van der Waals surface area contributed by atoms with Crippen LogP contribution in [0.2, 0.25) is 0 Å². The summed E-state index contributed by atoms with van der Waals surface area (Å²) in [5.74, 6) is -1.46. The Morgan fingerprint density at radius 3 is 2.68 bits per heavy atom. The number of carbonyl (C=O) groups is 2. The molecule has 10 heteroatoms. The number of carboxylic acids is 1. The molecule has 2 aromatic carbocycles. The molecular weight excluding hydrogens is 481 g/mol. The van der Waals surface area contributed by atoms with E-state index in [0.717, 1.165) is 0 Å². The average Bonchev–Trinajstić information content (AvgIpc) is 2.65. The molecule has 2 aromatic rings. The van der Waals surface area contributed by atoms with Gasteiger partial charge >= 0.3 is 5.97 Å². The lowest BCUT2D eigenvalue weighted by Crippen LogP contribution is -2.13. The van der Waals surface area contributed by atoms with E-state index < -0.39 is 23.4 Å². The molecule has 0 saturated carbocycles. The highest BCUT2D eigenvalue weighted by atomic mass is 127. The highest BCUT2D eigenvalue weighted by Gasteiger charge is 2.13. The Labute approximate surface area is 172 Å². The van der Waals surface area contributed by atoms with Gasteiger partial charge in [0.25, 0.3) is 11.6 Å². The van der Waals surface area contributed by atoms with Crippen molar-refractivity contribution in [2.75, 3.05) is 11.9 Å². The number of non-ortho nitro benzene ring substituents is 1. The molecule has 0 atom stereocenters. The maximum absolute atomic E-state index is 12.3. The first kappa shape index (κ1) is 20.8. The zero-order valence-electron chi connectivity index (χ0n) is 14.1. The number of aliphatic carboxylic acids is 1. The number of halogens is 1. The minimum absolute atomic E-state index is 0.187.